The lowest BCUT2D eigenvalue weighted by Gasteiger charge is -2.06. The molecule has 0 aliphatic heterocycles. The van der Waals surface area contributed by atoms with Gasteiger partial charge in [-0.05, 0) is 36.5 Å². The van der Waals surface area contributed by atoms with Crippen LogP contribution in [-0.2, 0) is 0 Å². The van der Waals surface area contributed by atoms with E-state index in [2.05, 4.69) is 6.92 Å². The molecule has 0 aromatic carbocycles. The average Bonchev–Trinajstić information content (AvgIpc) is 2.31. The first-order valence-corrected chi connectivity index (χ1v) is 4.78. The first-order valence-electron chi connectivity index (χ1n) is 4.37. The lowest BCUT2D eigenvalue weighted by Crippen LogP contribution is -2.02. The van der Waals surface area contributed by atoms with Crippen LogP contribution in [-0.4, -0.2) is 4.86 Å². The predicted molar refractivity (Wildman–Crippen MR) is 49.5 cm³/mol. The van der Waals surface area contributed by atoms with Gasteiger partial charge in [0, 0.05) is 0 Å². The van der Waals surface area contributed by atoms with Gasteiger partial charge < -0.3 is 0 Å². The summed E-state index contributed by atoms with van der Waals surface area (Å²) in [5.41, 5.74) is 0. The van der Waals surface area contributed by atoms with Crippen molar-refractivity contribution in [1.82, 2.24) is 0 Å². The molecule has 0 nitrogen and oxygen atoms in total. The Bertz CT molecular complexity index is 118. The molecule has 0 aromatic heterocycles. The van der Waals surface area contributed by atoms with E-state index in [1.54, 1.807) is 0 Å². The van der Waals surface area contributed by atoms with Gasteiger partial charge in [0.1, 0.15) is 0 Å². The van der Waals surface area contributed by atoms with Gasteiger partial charge in [0.25, 0.3) is 0 Å². The standard InChI is InChI=1S/C9H16S/c1-2-3-5-8-6-4-7-9(8)10/h8H,2-7H2,1H3. The molecule has 0 aromatic rings. The molecule has 1 rings (SSSR count). The molecule has 1 atom stereocenters. The van der Waals surface area contributed by atoms with Crippen molar-refractivity contribution >= 4 is 17.1 Å². The van der Waals surface area contributed by atoms with Crippen molar-refractivity contribution in [2.45, 2.75) is 45.4 Å². The zero-order chi connectivity index (χ0) is 7.40. The second kappa shape index (κ2) is 4.07. The van der Waals surface area contributed by atoms with Crippen LogP contribution in [0.2, 0.25) is 0 Å². The average molecular weight is 156 g/mol. The maximum atomic E-state index is 5.25. The summed E-state index contributed by atoms with van der Waals surface area (Å²) >= 11 is 5.25. The van der Waals surface area contributed by atoms with E-state index in [1.807, 2.05) is 0 Å². The number of hydrogen-bond donors (Lipinski definition) is 0. The van der Waals surface area contributed by atoms with E-state index < -0.39 is 0 Å². The first-order chi connectivity index (χ1) is 4.84. The highest BCUT2D eigenvalue weighted by atomic mass is 32.1. The summed E-state index contributed by atoms with van der Waals surface area (Å²) < 4.78 is 0. The topological polar surface area (TPSA) is 0 Å². The van der Waals surface area contributed by atoms with Gasteiger partial charge >= 0.3 is 0 Å². The van der Waals surface area contributed by atoms with Crippen LogP contribution in [0, 0.1) is 5.92 Å². The lowest BCUT2D eigenvalue weighted by atomic mass is 10.0. The summed E-state index contributed by atoms with van der Waals surface area (Å²) in [6, 6.07) is 0. The van der Waals surface area contributed by atoms with Crippen molar-refractivity contribution in [2.75, 3.05) is 0 Å². The molecular weight excluding hydrogens is 140 g/mol. The number of thiocarbonyl (C=S) groups is 1. The quantitative estimate of drug-likeness (QED) is 0.565. The Morgan fingerprint density at radius 3 is 2.90 bits per heavy atom. The number of rotatable bonds is 3. The van der Waals surface area contributed by atoms with Gasteiger partial charge in [-0.1, -0.05) is 32.0 Å². The summed E-state index contributed by atoms with van der Waals surface area (Å²) in [5.74, 6) is 0.815. The molecule has 1 heteroatoms. The molecule has 10 heavy (non-hydrogen) atoms. The molecule has 0 heterocycles. The Labute approximate surface area is 69.0 Å². The largest absolute Gasteiger partial charge is 0.0894 e. The van der Waals surface area contributed by atoms with E-state index >= 15 is 0 Å². The van der Waals surface area contributed by atoms with Crippen LogP contribution < -0.4 is 0 Å². The van der Waals surface area contributed by atoms with E-state index in [0.717, 1.165) is 5.92 Å². The molecule has 0 N–H and O–H groups in total. The second-order valence-corrected chi connectivity index (χ2v) is 3.72. The fourth-order valence-electron chi connectivity index (χ4n) is 1.64. The van der Waals surface area contributed by atoms with Crippen LogP contribution in [0.4, 0.5) is 0 Å². The zero-order valence-electron chi connectivity index (χ0n) is 6.73. The summed E-state index contributed by atoms with van der Waals surface area (Å²) in [6.07, 6.45) is 8.00. The Morgan fingerprint density at radius 2 is 2.40 bits per heavy atom. The van der Waals surface area contributed by atoms with E-state index in [9.17, 15) is 0 Å². The van der Waals surface area contributed by atoms with Gasteiger partial charge in [0.2, 0.25) is 0 Å². The molecule has 0 radical (unpaired) electrons. The highest BCUT2D eigenvalue weighted by molar-refractivity contribution is 7.80. The molecule has 58 valence electrons. The SMILES string of the molecule is CCCCC1CCCC1=S. The summed E-state index contributed by atoms with van der Waals surface area (Å²) in [5, 5.41) is 0. The summed E-state index contributed by atoms with van der Waals surface area (Å²) in [4.78, 5) is 1.36. The van der Waals surface area contributed by atoms with Crippen molar-refractivity contribution in [3.8, 4) is 0 Å². The van der Waals surface area contributed by atoms with Crippen LogP contribution >= 0.6 is 12.2 Å². The predicted octanol–water partition coefficient (Wildman–Crippen LogP) is 3.35. The Hall–Kier alpha value is 0.0900. The Kier molecular flexibility index (Phi) is 3.33. The van der Waals surface area contributed by atoms with Gasteiger partial charge in [-0.2, -0.15) is 0 Å². The molecule has 0 spiro atoms. The van der Waals surface area contributed by atoms with Gasteiger partial charge in [0.05, 0.1) is 0 Å². The van der Waals surface area contributed by atoms with E-state index in [1.165, 1.54) is 43.4 Å². The van der Waals surface area contributed by atoms with Crippen molar-refractivity contribution < 1.29 is 0 Å². The Balaban J connectivity index is 2.20. The minimum absolute atomic E-state index is 0.815. The van der Waals surface area contributed by atoms with Crippen LogP contribution in [0.25, 0.3) is 0 Å². The molecule has 0 saturated heterocycles. The molecule has 1 unspecified atom stereocenters. The van der Waals surface area contributed by atoms with Crippen molar-refractivity contribution in [3.05, 3.63) is 0 Å². The fourth-order valence-corrected chi connectivity index (χ4v) is 2.02. The van der Waals surface area contributed by atoms with Crippen LogP contribution in [0.5, 0.6) is 0 Å². The highest BCUT2D eigenvalue weighted by Crippen LogP contribution is 2.26. The smallest absolute Gasteiger partial charge is 0.00406 e. The van der Waals surface area contributed by atoms with Gasteiger partial charge in [-0.25, -0.2) is 0 Å². The normalized spacial score (nSPS) is 25.7. The zero-order valence-corrected chi connectivity index (χ0v) is 7.54. The van der Waals surface area contributed by atoms with Crippen molar-refractivity contribution in [3.63, 3.8) is 0 Å². The minimum Gasteiger partial charge on any atom is -0.0894 e. The van der Waals surface area contributed by atoms with E-state index in [-0.39, 0.29) is 0 Å². The number of unbranched alkanes of at least 4 members (excludes halogenated alkanes) is 1. The van der Waals surface area contributed by atoms with Crippen LogP contribution in [0.15, 0.2) is 0 Å². The van der Waals surface area contributed by atoms with Gasteiger partial charge in [0.15, 0.2) is 0 Å². The maximum Gasteiger partial charge on any atom is -0.00406 e. The third-order valence-corrected chi connectivity index (χ3v) is 2.87. The Morgan fingerprint density at radius 1 is 1.60 bits per heavy atom. The fraction of sp³-hybridized carbons (Fsp3) is 0.889. The minimum atomic E-state index is 0.815. The molecular formula is C9H16S. The van der Waals surface area contributed by atoms with Crippen molar-refractivity contribution in [2.24, 2.45) is 5.92 Å². The number of hydrogen-bond acceptors (Lipinski definition) is 1. The molecule has 1 fully saturated rings. The van der Waals surface area contributed by atoms with Gasteiger partial charge in [-0.3, -0.25) is 0 Å². The molecule has 0 bridgehead atoms. The maximum absolute atomic E-state index is 5.25. The van der Waals surface area contributed by atoms with Gasteiger partial charge in [-0.15, -0.1) is 0 Å². The first kappa shape index (κ1) is 8.19. The third kappa shape index (κ3) is 2.05. The highest BCUT2D eigenvalue weighted by Gasteiger charge is 2.19. The summed E-state index contributed by atoms with van der Waals surface area (Å²) in [6.45, 7) is 2.25. The molecule has 1 saturated carbocycles. The second-order valence-electron chi connectivity index (χ2n) is 3.20. The lowest BCUT2D eigenvalue weighted by molar-refractivity contribution is 0.575. The molecule has 0 amide bonds. The third-order valence-electron chi connectivity index (χ3n) is 2.34. The molecule has 1 aliphatic rings. The van der Waals surface area contributed by atoms with Crippen LogP contribution in [0.3, 0.4) is 0 Å². The summed E-state index contributed by atoms with van der Waals surface area (Å²) in [7, 11) is 0. The molecule has 1 aliphatic carbocycles. The van der Waals surface area contributed by atoms with E-state index in [0.29, 0.717) is 0 Å². The van der Waals surface area contributed by atoms with Crippen LogP contribution in [0.1, 0.15) is 45.4 Å². The monoisotopic (exact) mass is 156 g/mol. The van der Waals surface area contributed by atoms with E-state index in [4.69, 9.17) is 12.2 Å². The van der Waals surface area contributed by atoms with Crippen molar-refractivity contribution in [1.29, 1.82) is 0 Å².